The summed E-state index contributed by atoms with van der Waals surface area (Å²) in [5, 5.41) is 9.11. The van der Waals surface area contributed by atoms with E-state index < -0.39 is 17.2 Å². The maximum atomic E-state index is 15.6. The van der Waals surface area contributed by atoms with Crippen LogP contribution in [0.3, 0.4) is 0 Å². The average molecular weight is 392 g/mol. The van der Waals surface area contributed by atoms with Gasteiger partial charge in [-0.15, -0.1) is 11.3 Å². The molecular weight excluding hydrogens is 370 g/mol. The van der Waals surface area contributed by atoms with Crippen LogP contribution >= 0.6 is 11.3 Å². The third-order valence-electron chi connectivity index (χ3n) is 5.54. The SMILES string of the molecule is Cc1cc(N2C[C@@]3(F)CN(Cc4ccc(CO)cc4)C[C@@]3(F)C2=O)c(C)s1. The lowest BCUT2D eigenvalue weighted by Crippen LogP contribution is -2.47. The van der Waals surface area contributed by atoms with Gasteiger partial charge in [0.25, 0.3) is 5.91 Å². The van der Waals surface area contributed by atoms with Gasteiger partial charge in [-0.2, -0.15) is 0 Å². The molecule has 1 N–H and O–H groups in total. The Hall–Kier alpha value is -1.83. The molecule has 144 valence electrons. The fraction of sp³-hybridized carbons (Fsp3) is 0.450. The summed E-state index contributed by atoms with van der Waals surface area (Å²) >= 11 is 1.52. The van der Waals surface area contributed by atoms with Crippen molar-refractivity contribution in [1.29, 1.82) is 0 Å². The maximum Gasteiger partial charge on any atom is 0.269 e. The monoisotopic (exact) mass is 392 g/mol. The molecule has 0 radical (unpaired) electrons. The minimum atomic E-state index is -2.51. The van der Waals surface area contributed by atoms with Gasteiger partial charge in [-0.3, -0.25) is 9.69 Å². The fourth-order valence-corrected chi connectivity index (χ4v) is 5.08. The number of thiophene rings is 1. The van der Waals surface area contributed by atoms with Gasteiger partial charge in [-0.1, -0.05) is 24.3 Å². The van der Waals surface area contributed by atoms with E-state index in [0.29, 0.717) is 12.2 Å². The second-order valence-electron chi connectivity index (χ2n) is 7.58. The van der Waals surface area contributed by atoms with E-state index in [1.54, 1.807) is 17.0 Å². The first kappa shape index (κ1) is 18.5. The molecule has 0 unspecified atom stereocenters. The number of alkyl halides is 2. The number of fused-ring (bicyclic) bond motifs is 1. The zero-order chi connectivity index (χ0) is 19.4. The lowest BCUT2D eigenvalue weighted by Gasteiger charge is -2.22. The van der Waals surface area contributed by atoms with Crippen LogP contribution in [0.5, 0.6) is 0 Å². The third kappa shape index (κ3) is 2.88. The maximum absolute atomic E-state index is 15.6. The number of aryl methyl sites for hydroxylation is 2. The van der Waals surface area contributed by atoms with Crippen molar-refractivity contribution in [3.8, 4) is 0 Å². The van der Waals surface area contributed by atoms with Crippen LogP contribution in [0.15, 0.2) is 30.3 Å². The molecule has 2 atom stereocenters. The first-order valence-corrected chi connectivity index (χ1v) is 9.75. The smallest absolute Gasteiger partial charge is 0.269 e. The summed E-state index contributed by atoms with van der Waals surface area (Å²) in [5.41, 5.74) is -2.42. The Morgan fingerprint density at radius 1 is 1.11 bits per heavy atom. The number of aliphatic hydroxyl groups excluding tert-OH is 1. The van der Waals surface area contributed by atoms with Crippen molar-refractivity contribution in [3.63, 3.8) is 0 Å². The summed E-state index contributed by atoms with van der Waals surface area (Å²) in [5.74, 6) is -0.774. The fourth-order valence-electron chi connectivity index (χ4n) is 4.16. The van der Waals surface area contributed by atoms with Crippen molar-refractivity contribution in [2.45, 2.75) is 38.3 Å². The van der Waals surface area contributed by atoms with Gasteiger partial charge < -0.3 is 10.0 Å². The normalized spacial score (nSPS) is 28.2. The number of carbonyl (C=O) groups excluding carboxylic acids is 1. The lowest BCUT2D eigenvalue weighted by molar-refractivity contribution is -0.130. The first-order valence-electron chi connectivity index (χ1n) is 8.94. The molecule has 2 aromatic rings. The summed E-state index contributed by atoms with van der Waals surface area (Å²) < 4.78 is 31.2. The minimum Gasteiger partial charge on any atom is -0.392 e. The van der Waals surface area contributed by atoms with Crippen molar-refractivity contribution in [1.82, 2.24) is 4.90 Å². The highest BCUT2D eigenvalue weighted by Crippen LogP contribution is 2.48. The predicted molar refractivity (Wildman–Crippen MR) is 101 cm³/mol. The number of benzene rings is 1. The number of likely N-dealkylation sites (tertiary alicyclic amines) is 1. The number of hydrogen-bond acceptors (Lipinski definition) is 4. The van der Waals surface area contributed by atoms with Crippen LogP contribution in [-0.2, 0) is 17.9 Å². The number of hydrogen-bond donors (Lipinski definition) is 1. The van der Waals surface area contributed by atoms with Crippen molar-refractivity contribution in [2.75, 3.05) is 24.5 Å². The molecule has 2 aliphatic heterocycles. The second kappa shape index (κ2) is 6.36. The van der Waals surface area contributed by atoms with Crippen LogP contribution in [0.2, 0.25) is 0 Å². The van der Waals surface area contributed by atoms with Crippen molar-refractivity contribution < 1.29 is 18.7 Å². The van der Waals surface area contributed by atoms with E-state index in [2.05, 4.69) is 0 Å². The number of rotatable bonds is 4. The van der Waals surface area contributed by atoms with E-state index in [4.69, 9.17) is 5.11 Å². The van der Waals surface area contributed by atoms with Crippen LogP contribution in [0.1, 0.15) is 20.9 Å². The number of carbonyl (C=O) groups is 1. The highest BCUT2D eigenvalue weighted by atomic mass is 32.1. The Balaban J connectivity index is 1.54. The molecule has 4 nitrogen and oxygen atoms in total. The van der Waals surface area contributed by atoms with Crippen molar-refractivity contribution >= 4 is 22.9 Å². The number of amides is 1. The third-order valence-corrected chi connectivity index (χ3v) is 6.49. The molecule has 2 saturated heterocycles. The summed E-state index contributed by atoms with van der Waals surface area (Å²) in [7, 11) is 0. The van der Waals surface area contributed by atoms with E-state index in [1.807, 2.05) is 32.0 Å². The topological polar surface area (TPSA) is 43.8 Å². The summed E-state index contributed by atoms with van der Waals surface area (Å²) in [6.45, 7) is 3.50. The number of aliphatic hydroxyl groups is 1. The molecule has 7 heteroatoms. The van der Waals surface area contributed by atoms with Gasteiger partial charge in [0.2, 0.25) is 5.67 Å². The van der Waals surface area contributed by atoms with Crippen molar-refractivity contribution in [3.05, 3.63) is 51.2 Å². The van der Waals surface area contributed by atoms with Crippen LogP contribution in [-0.4, -0.2) is 46.9 Å². The van der Waals surface area contributed by atoms with Gasteiger partial charge in [0.1, 0.15) is 0 Å². The van der Waals surface area contributed by atoms with E-state index >= 15 is 8.78 Å². The zero-order valence-corrected chi connectivity index (χ0v) is 16.2. The molecule has 4 rings (SSSR count). The first-order chi connectivity index (χ1) is 12.8. The van der Waals surface area contributed by atoms with Gasteiger partial charge in [0.15, 0.2) is 5.67 Å². The van der Waals surface area contributed by atoms with Crippen molar-refractivity contribution in [2.24, 2.45) is 0 Å². The highest BCUT2D eigenvalue weighted by Gasteiger charge is 2.71. The van der Waals surface area contributed by atoms with E-state index in [9.17, 15) is 4.79 Å². The van der Waals surface area contributed by atoms with Gasteiger partial charge in [-0.25, -0.2) is 8.78 Å². The van der Waals surface area contributed by atoms with Crippen LogP contribution in [0.25, 0.3) is 0 Å². The molecule has 0 bridgehead atoms. The molecule has 1 aromatic heterocycles. The molecule has 2 fully saturated rings. The van der Waals surface area contributed by atoms with E-state index in [1.165, 1.54) is 16.2 Å². The van der Waals surface area contributed by atoms with Crippen LogP contribution < -0.4 is 4.90 Å². The molecule has 1 amide bonds. The Morgan fingerprint density at radius 3 is 2.33 bits per heavy atom. The second-order valence-corrected chi connectivity index (χ2v) is 9.04. The quantitative estimate of drug-likeness (QED) is 0.870. The van der Waals surface area contributed by atoms with Crippen LogP contribution in [0, 0.1) is 13.8 Å². The summed E-state index contributed by atoms with van der Waals surface area (Å²) in [6.07, 6.45) is 0. The molecule has 27 heavy (non-hydrogen) atoms. The Kier molecular flexibility index (Phi) is 4.36. The summed E-state index contributed by atoms with van der Waals surface area (Å²) in [6, 6.07) is 9.07. The van der Waals surface area contributed by atoms with Gasteiger partial charge in [0.05, 0.1) is 18.8 Å². The molecule has 0 aliphatic carbocycles. The molecule has 1 aromatic carbocycles. The number of nitrogens with zero attached hydrogens (tertiary/aromatic N) is 2. The standard InChI is InChI=1S/C20H22F2N2O2S/c1-13-7-17(14(2)27-13)24-11-19(21)10-23(12-20(19,22)18(24)26)8-15-3-5-16(9-25)6-4-15/h3-7,25H,8-12H2,1-2H3/t19-,20+/m0/s1. The largest absolute Gasteiger partial charge is 0.392 e. The average Bonchev–Trinajstić information content (AvgIpc) is 3.15. The lowest BCUT2D eigenvalue weighted by atomic mass is 9.93. The molecule has 0 saturated carbocycles. The summed E-state index contributed by atoms with van der Waals surface area (Å²) in [4.78, 5) is 17.7. The predicted octanol–water partition coefficient (Wildman–Crippen LogP) is 3.14. The molecule has 3 heterocycles. The van der Waals surface area contributed by atoms with E-state index in [-0.39, 0.29) is 26.2 Å². The van der Waals surface area contributed by atoms with E-state index in [0.717, 1.165) is 20.9 Å². The molecule has 2 aliphatic rings. The minimum absolute atomic E-state index is 0.0447. The Labute approximate surface area is 161 Å². The molecular formula is C20H22F2N2O2S. The van der Waals surface area contributed by atoms with Gasteiger partial charge in [0, 0.05) is 29.4 Å². The van der Waals surface area contributed by atoms with Gasteiger partial charge in [-0.05, 0) is 31.0 Å². The van der Waals surface area contributed by atoms with Crippen LogP contribution in [0.4, 0.5) is 14.5 Å². The molecule has 0 spiro atoms. The highest BCUT2D eigenvalue weighted by molar-refractivity contribution is 7.12. The Morgan fingerprint density at radius 2 is 1.78 bits per heavy atom. The number of halogens is 2. The number of anilines is 1. The zero-order valence-electron chi connectivity index (χ0n) is 15.3. The van der Waals surface area contributed by atoms with Gasteiger partial charge >= 0.3 is 0 Å². The Bertz CT molecular complexity index is 885.